The van der Waals surface area contributed by atoms with Gasteiger partial charge in [-0.3, -0.25) is 9.89 Å². The van der Waals surface area contributed by atoms with E-state index in [9.17, 15) is 4.79 Å². The smallest absolute Gasteiger partial charge is 0.303 e. The van der Waals surface area contributed by atoms with Gasteiger partial charge in [0.05, 0.1) is 12.6 Å². The van der Waals surface area contributed by atoms with Crippen LogP contribution >= 0.6 is 0 Å². The summed E-state index contributed by atoms with van der Waals surface area (Å²) < 4.78 is 0. The molecule has 2 N–H and O–H groups in total. The number of aryl methyl sites for hydroxylation is 1. The summed E-state index contributed by atoms with van der Waals surface area (Å²) in [5.74, 6) is -0.383. The predicted octanol–water partition coefficient (Wildman–Crippen LogP) is 1.55. The molecule has 0 atom stereocenters. The first kappa shape index (κ1) is 9.77. The van der Waals surface area contributed by atoms with Crippen molar-refractivity contribution in [3.05, 3.63) is 17.5 Å². The van der Waals surface area contributed by atoms with E-state index in [0.29, 0.717) is 12.3 Å². The van der Waals surface area contributed by atoms with Crippen LogP contribution in [0, 0.1) is 0 Å². The number of carboxylic acid groups (broad SMARTS) is 1. The fourth-order valence-corrected chi connectivity index (χ4v) is 1.25. The molecule has 0 bridgehead atoms. The molecule has 13 heavy (non-hydrogen) atoms. The van der Waals surface area contributed by atoms with Crippen molar-refractivity contribution in [2.75, 3.05) is 0 Å². The summed E-state index contributed by atoms with van der Waals surface area (Å²) in [6.45, 7) is 4.13. The highest BCUT2D eigenvalue weighted by Crippen LogP contribution is 2.17. The number of carboxylic acids is 1. The number of nitrogens with zero attached hydrogens (tertiary/aromatic N) is 1. The number of aromatic nitrogens is 2. The van der Waals surface area contributed by atoms with E-state index in [1.807, 2.05) is 0 Å². The zero-order valence-electron chi connectivity index (χ0n) is 7.87. The van der Waals surface area contributed by atoms with E-state index in [1.54, 1.807) is 6.20 Å². The molecular weight excluding hydrogens is 168 g/mol. The highest BCUT2D eigenvalue weighted by Gasteiger charge is 2.09. The maximum absolute atomic E-state index is 10.3. The van der Waals surface area contributed by atoms with Gasteiger partial charge >= 0.3 is 5.97 Å². The van der Waals surface area contributed by atoms with Crippen molar-refractivity contribution in [1.82, 2.24) is 10.2 Å². The van der Waals surface area contributed by atoms with Crippen LogP contribution in [0.25, 0.3) is 0 Å². The highest BCUT2D eigenvalue weighted by molar-refractivity contribution is 5.67. The van der Waals surface area contributed by atoms with Crippen molar-refractivity contribution in [3.8, 4) is 0 Å². The number of hydrogen-bond acceptors (Lipinski definition) is 2. The lowest BCUT2D eigenvalue weighted by Gasteiger charge is -2.03. The summed E-state index contributed by atoms with van der Waals surface area (Å²) in [5, 5.41) is 15.2. The van der Waals surface area contributed by atoms with E-state index >= 15 is 0 Å². The van der Waals surface area contributed by atoms with Gasteiger partial charge in [-0.05, 0) is 17.9 Å². The third-order valence-corrected chi connectivity index (χ3v) is 1.96. The fourth-order valence-electron chi connectivity index (χ4n) is 1.25. The average molecular weight is 182 g/mol. The second kappa shape index (κ2) is 4.07. The second-order valence-electron chi connectivity index (χ2n) is 3.35. The Labute approximate surface area is 77.0 Å². The quantitative estimate of drug-likeness (QED) is 0.742. The van der Waals surface area contributed by atoms with Gasteiger partial charge < -0.3 is 5.11 Å². The predicted molar refractivity (Wildman–Crippen MR) is 48.6 cm³/mol. The van der Waals surface area contributed by atoms with Gasteiger partial charge in [-0.25, -0.2) is 0 Å². The van der Waals surface area contributed by atoms with Gasteiger partial charge in [-0.2, -0.15) is 5.10 Å². The Kier molecular flexibility index (Phi) is 3.06. The number of carbonyl (C=O) groups is 1. The first-order valence-electron chi connectivity index (χ1n) is 4.35. The topological polar surface area (TPSA) is 66.0 Å². The molecular formula is C9H14N2O2. The minimum Gasteiger partial charge on any atom is -0.481 e. The molecule has 4 heteroatoms. The van der Waals surface area contributed by atoms with Gasteiger partial charge in [0.25, 0.3) is 0 Å². The Morgan fingerprint density at radius 1 is 1.69 bits per heavy atom. The first-order chi connectivity index (χ1) is 6.11. The third kappa shape index (κ3) is 2.57. The highest BCUT2D eigenvalue weighted by atomic mass is 16.4. The Balaban J connectivity index is 2.65. The van der Waals surface area contributed by atoms with Crippen molar-refractivity contribution in [3.63, 3.8) is 0 Å². The summed E-state index contributed by atoms with van der Waals surface area (Å²) in [5.41, 5.74) is 2.05. The number of hydrogen-bond donors (Lipinski definition) is 2. The molecule has 1 aromatic rings. The lowest BCUT2D eigenvalue weighted by atomic mass is 10.0. The molecule has 4 nitrogen and oxygen atoms in total. The van der Waals surface area contributed by atoms with Crippen LogP contribution in [0.15, 0.2) is 6.20 Å². The minimum absolute atomic E-state index is 0.155. The number of nitrogens with one attached hydrogen (secondary N) is 1. The molecule has 1 aromatic heterocycles. The number of H-pyrrole nitrogens is 1. The molecule has 0 unspecified atom stereocenters. The van der Waals surface area contributed by atoms with Crippen LogP contribution in [0.3, 0.4) is 0 Å². The number of aromatic amines is 1. The van der Waals surface area contributed by atoms with E-state index in [-0.39, 0.29) is 6.42 Å². The molecule has 0 fully saturated rings. The lowest BCUT2D eigenvalue weighted by molar-refractivity contribution is -0.136. The molecule has 0 aliphatic carbocycles. The molecule has 72 valence electrons. The maximum atomic E-state index is 10.3. The van der Waals surface area contributed by atoms with Crippen molar-refractivity contribution in [1.29, 1.82) is 0 Å². The van der Waals surface area contributed by atoms with Gasteiger partial charge in [0.15, 0.2) is 0 Å². The van der Waals surface area contributed by atoms with E-state index in [0.717, 1.165) is 11.3 Å². The van der Waals surface area contributed by atoms with E-state index < -0.39 is 5.97 Å². The molecule has 1 rings (SSSR count). The van der Waals surface area contributed by atoms with Gasteiger partial charge in [-0.15, -0.1) is 0 Å². The monoisotopic (exact) mass is 182 g/mol. The summed E-state index contributed by atoms with van der Waals surface area (Å²) in [4.78, 5) is 10.3. The molecule has 0 saturated heterocycles. The van der Waals surface area contributed by atoms with Crippen molar-refractivity contribution >= 4 is 5.97 Å². The summed E-state index contributed by atoms with van der Waals surface area (Å²) in [7, 11) is 0. The van der Waals surface area contributed by atoms with Gasteiger partial charge in [0, 0.05) is 5.69 Å². The van der Waals surface area contributed by atoms with Crippen LogP contribution in [0.1, 0.15) is 37.4 Å². The summed E-state index contributed by atoms with van der Waals surface area (Å²) >= 11 is 0. The second-order valence-corrected chi connectivity index (χ2v) is 3.35. The van der Waals surface area contributed by atoms with Gasteiger partial charge in [0.2, 0.25) is 0 Å². The van der Waals surface area contributed by atoms with E-state index in [2.05, 4.69) is 24.0 Å². The largest absolute Gasteiger partial charge is 0.481 e. The standard InChI is InChI=1S/C9H14N2O2/c1-6(2)7-5-10-11-8(7)3-4-9(12)13/h5-6H,3-4H2,1-2H3,(H,10,11)(H,12,13). The third-order valence-electron chi connectivity index (χ3n) is 1.96. The molecule has 0 amide bonds. The van der Waals surface area contributed by atoms with Crippen LogP contribution in [0.2, 0.25) is 0 Å². The minimum atomic E-state index is -0.774. The van der Waals surface area contributed by atoms with Crippen LogP contribution in [0.4, 0.5) is 0 Å². The lowest BCUT2D eigenvalue weighted by Crippen LogP contribution is -2.00. The van der Waals surface area contributed by atoms with Crippen LogP contribution < -0.4 is 0 Å². The molecule has 0 spiro atoms. The van der Waals surface area contributed by atoms with Crippen LogP contribution in [-0.4, -0.2) is 21.3 Å². The fraction of sp³-hybridized carbons (Fsp3) is 0.556. The molecule has 0 aliphatic heterocycles. The Morgan fingerprint density at radius 3 is 2.92 bits per heavy atom. The summed E-state index contributed by atoms with van der Waals surface area (Å²) in [6.07, 6.45) is 2.45. The van der Waals surface area contributed by atoms with E-state index in [4.69, 9.17) is 5.11 Å². The molecule has 0 aromatic carbocycles. The Bertz CT molecular complexity index is 292. The van der Waals surface area contributed by atoms with E-state index in [1.165, 1.54) is 0 Å². The van der Waals surface area contributed by atoms with Gasteiger partial charge in [0.1, 0.15) is 0 Å². The van der Waals surface area contributed by atoms with Crippen LogP contribution in [0.5, 0.6) is 0 Å². The number of rotatable bonds is 4. The van der Waals surface area contributed by atoms with Gasteiger partial charge in [-0.1, -0.05) is 13.8 Å². The maximum Gasteiger partial charge on any atom is 0.303 e. The SMILES string of the molecule is CC(C)c1cn[nH]c1CCC(=O)O. The van der Waals surface area contributed by atoms with Crippen LogP contribution in [-0.2, 0) is 11.2 Å². The molecule has 0 saturated carbocycles. The zero-order chi connectivity index (χ0) is 9.84. The Morgan fingerprint density at radius 2 is 2.38 bits per heavy atom. The van der Waals surface area contributed by atoms with Crippen molar-refractivity contribution in [2.24, 2.45) is 0 Å². The number of aliphatic carboxylic acids is 1. The normalized spacial score (nSPS) is 10.7. The van der Waals surface area contributed by atoms with Crippen molar-refractivity contribution in [2.45, 2.75) is 32.6 Å². The zero-order valence-corrected chi connectivity index (χ0v) is 7.87. The average Bonchev–Trinajstić information content (AvgIpc) is 2.47. The molecule has 0 aliphatic rings. The molecule has 1 heterocycles. The summed E-state index contributed by atoms with van der Waals surface area (Å²) in [6, 6.07) is 0. The first-order valence-corrected chi connectivity index (χ1v) is 4.35. The molecule has 0 radical (unpaired) electrons. The Hall–Kier alpha value is -1.32. The van der Waals surface area contributed by atoms with Crippen molar-refractivity contribution < 1.29 is 9.90 Å².